The second-order valence-corrected chi connectivity index (χ2v) is 4.69. The minimum Gasteiger partial charge on any atom is -0.341 e. The number of amides is 1. The number of carbonyl (C=O) groups excluding carboxylic acids is 1. The lowest BCUT2D eigenvalue weighted by Crippen LogP contribution is -2.39. The zero-order valence-corrected chi connectivity index (χ0v) is 9.63. The molecule has 2 aliphatic rings. The van der Waals surface area contributed by atoms with E-state index in [4.69, 9.17) is 4.52 Å². The lowest BCUT2D eigenvalue weighted by Gasteiger charge is -2.15. The molecule has 0 aromatic carbocycles. The van der Waals surface area contributed by atoms with Crippen LogP contribution >= 0.6 is 0 Å². The van der Waals surface area contributed by atoms with Crippen LogP contribution in [0.1, 0.15) is 25.2 Å². The van der Waals surface area contributed by atoms with E-state index >= 15 is 0 Å². The highest BCUT2D eigenvalue weighted by molar-refractivity contribution is 5.84. The molecule has 1 aromatic rings. The van der Waals surface area contributed by atoms with E-state index < -0.39 is 0 Å². The van der Waals surface area contributed by atoms with Gasteiger partial charge < -0.3 is 14.7 Å². The van der Waals surface area contributed by atoms with Gasteiger partial charge in [-0.25, -0.2) is 0 Å². The van der Waals surface area contributed by atoms with Gasteiger partial charge in [-0.3, -0.25) is 4.79 Å². The number of aromatic nitrogens is 2. The Labute approximate surface area is 99.4 Å². The number of hydrogen-bond acceptors (Lipinski definition) is 5. The Morgan fingerprint density at radius 1 is 1.47 bits per heavy atom. The molecular formula is C11H16N4O2. The maximum absolute atomic E-state index is 12.0. The molecule has 0 radical (unpaired) electrons. The molecule has 2 fully saturated rings. The van der Waals surface area contributed by atoms with Crippen LogP contribution in [0.3, 0.4) is 0 Å². The van der Waals surface area contributed by atoms with Gasteiger partial charge in [-0.15, -0.1) is 0 Å². The minimum atomic E-state index is 0.0326. The predicted molar refractivity (Wildman–Crippen MR) is 59.1 cm³/mol. The Morgan fingerprint density at radius 3 is 3.06 bits per heavy atom. The Hall–Kier alpha value is -1.43. The van der Waals surface area contributed by atoms with Crippen LogP contribution < -0.4 is 5.32 Å². The van der Waals surface area contributed by atoms with Crippen molar-refractivity contribution in [3.63, 3.8) is 0 Å². The van der Waals surface area contributed by atoms with Gasteiger partial charge in [0.15, 0.2) is 6.33 Å². The third-order valence-corrected chi connectivity index (χ3v) is 3.31. The van der Waals surface area contributed by atoms with Crippen molar-refractivity contribution >= 4 is 5.91 Å². The Morgan fingerprint density at radius 2 is 2.35 bits per heavy atom. The Kier molecular flexibility index (Phi) is 2.80. The standard InChI is InChI=1S/C11H16N4O2/c16-11-9(14-8-1-2-8)3-5-15(11)6-4-10-12-7-13-17-10/h7-9,14H,1-6H2. The van der Waals surface area contributed by atoms with E-state index in [0.29, 0.717) is 24.9 Å². The lowest BCUT2D eigenvalue weighted by molar-refractivity contribution is -0.129. The molecule has 1 aromatic heterocycles. The number of likely N-dealkylation sites (tertiary alicyclic amines) is 1. The number of nitrogens with zero attached hydrogens (tertiary/aromatic N) is 3. The molecular weight excluding hydrogens is 220 g/mol. The first-order valence-electron chi connectivity index (χ1n) is 6.13. The molecule has 0 bridgehead atoms. The molecule has 2 heterocycles. The third kappa shape index (κ3) is 2.46. The molecule has 6 heteroatoms. The quantitative estimate of drug-likeness (QED) is 0.777. The van der Waals surface area contributed by atoms with Gasteiger partial charge in [0.05, 0.1) is 6.04 Å². The lowest BCUT2D eigenvalue weighted by atomic mass is 10.2. The van der Waals surface area contributed by atoms with Crippen molar-refractivity contribution < 1.29 is 9.32 Å². The highest BCUT2D eigenvalue weighted by Crippen LogP contribution is 2.22. The van der Waals surface area contributed by atoms with Crippen molar-refractivity contribution in [1.82, 2.24) is 20.4 Å². The van der Waals surface area contributed by atoms with Crippen molar-refractivity contribution in [3.8, 4) is 0 Å². The molecule has 6 nitrogen and oxygen atoms in total. The van der Waals surface area contributed by atoms with Crippen LogP contribution in [0.2, 0.25) is 0 Å². The smallest absolute Gasteiger partial charge is 0.239 e. The molecule has 17 heavy (non-hydrogen) atoms. The van der Waals surface area contributed by atoms with E-state index in [0.717, 1.165) is 13.0 Å². The van der Waals surface area contributed by atoms with E-state index in [9.17, 15) is 4.79 Å². The molecule has 3 rings (SSSR count). The molecule has 92 valence electrons. The van der Waals surface area contributed by atoms with Crippen molar-refractivity contribution in [2.45, 2.75) is 37.8 Å². The summed E-state index contributed by atoms with van der Waals surface area (Å²) in [6.07, 6.45) is 5.37. The summed E-state index contributed by atoms with van der Waals surface area (Å²) in [7, 11) is 0. The molecule has 0 spiro atoms. The normalized spacial score (nSPS) is 24.6. The van der Waals surface area contributed by atoms with Crippen molar-refractivity contribution in [2.75, 3.05) is 13.1 Å². The molecule has 1 atom stereocenters. The van der Waals surface area contributed by atoms with Crippen LogP contribution in [0.4, 0.5) is 0 Å². The monoisotopic (exact) mass is 236 g/mol. The summed E-state index contributed by atoms with van der Waals surface area (Å²) in [5.41, 5.74) is 0. The number of hydrogen-bond donors (Lipinski definition) is 1. The third-order valence-electron chi connectivity index (χ3n) is 3.31. The van der Waals surface area contributed by atoms with Gasteiger partial charge >= 0.3 is 0 Å². The molecule has 1 saturated carbocycles. The maximum atomic E-state index is 12.0. The second-order valence-electron chi connectivity index (χ2n) is 4.69. The second kappa shape index (κ2) is 4.44. The Bertz CT molecular complexity index is 388. The minimum absolute atomic E-state index is 0.0326. The molecule has 1 aliphatic carbocycles. The van der Waals surface area contributed by atoms with Crippen molar-refractivity contribution in [2.24, 2.45) is 0 Å². The first-order chi connectivity index (χ1) is 8.33. The zero-order valence-electron chi connectivity index (χ0n) is 9.63. The summed E-state index contributed by atoms with van der Waals surface area (Å²) >= 11 is 0. The first kappa shape index (κ1) is 10.7. The summed E-state index contributed by atoms with van der Waals surface area (Å²) < 4.78 is 4.92. The van der Waals surface area contributed by atoms with Crippen molar-refractivity contribution in [1.29, 1.82) is 0 Å². The van der Waals surface area contributed by atoms with Gasteiger partial charge in [0.2, 0.25) is 11.8 Å². The fraction of sp³-hybridized carbons (Fsp3) is 0.727. The maximum Gasteiger partial charge on any atom is 0.239 e. The van der Waals surface area contributed by atoms with Gasteiger partial charge in [0.1, 0.15) is 0 Å². The van der Waals surface area contributed by atoms with E-state index in [1.807, 2.05) is 4.90 Å². The zero-order chi connectivity index (χ0) is 11.7. The van der Waals surface area contributed by atoms with Crippen LogP contribution in [0.25, 0.3) is 0 Å². The molecule has 1 aliphatic heterocycles. The van der Waals surface area contributed by atoms with Gasteiger partial charge in [0.25, 0.3) is 0 Å². The molecule has 1 amide bonds. The summed E-state index contributed by atoms with van der Waals surface area (Å²) in [5, 5.41) is 6.93. The molecule has 1 unspecified atom stereocenters. The van der Waals surface area contributed by atoms with Crippen LogP contribution in [-0.4, -0.2) is 46.1 Å². The fourth-order valence-corrected chi connectivity index (χ4v) is 2.19. The van der Waals surface area contributed by atoms with Crippen molar-refractivity contribution in [3.05, 3.63) is 12.2 Å². The van der Waals surface area contributed by atoms with Gasteiger partial charge in [-0.1, -0.05) is 5.16 Å². The fourth-order valence-electron chi connectivity index (χ4n) is 2.19. The van der Waals surface area contributed by atoms with Gasteiger partial charge in [0, 0.05) is 25.6 Å². The summed E-state index contributed by atoms with van der Waals surface area (Å²) in [4.78, 5) is 17.9. The van der Waals surface area contributed by atoms with Crippen LogP contribution in [0.5, 0.6) is 0 Å². The molecule has 1 N–H and O–H groups in total. The summed E-state index contributed by atoms with van der Waals surface area (Å²) in [6.45, 7) is 1.50. The average molecular weight is 236 g/mol. The molecule has 1 saturated heterocycles. The first-order valence-corrected chi connectivity index (χ1v) is 6.13. The largest absolute Gasteiger partial charge is 0.341 e. The van der Waals surface area contributed by atoms with E-state index in [-0.39, 0.29) is 11.9 Å². The SMILES string of the molecule is O=C1C(NC2CC2)CCN1CCc1ncno1. The van der Waals surface area contributed by atoms with Gasteiger partial charge in [-0.2, -0.15) is 4.98 Å². The highest BCUT2D eigenvalue weighted by Gasteiger charge is 2.35. The number of carbonyl (C=O) groups is 1. The van der Waals surface area contributed by atoms with Gasteiger partial charge in [-0.05, 0) is 19.3 Å². The topological polar surface area (TPSA) is 71.3 Å². The predicted octanol–water partition coefficient (Wildman–Crippen LogP) is -0.0350. The van der Waals surface area contributed by atoms with E-state index in [2.05, 4.69) is 15.5 Å². The van der Waals surface area contributed by atoms with E-state index in [1.165, 1.54) is 19.2 Å². The van der Waals surface area contributed by atoms with Crippen LogP contribution in [-0.2, 0) is 11.2 Å². The average Bonchev–Trinajstić information content (AvgIpc) is 2.86. The summed E-state index contributed by atoms with van der Waals surface area (Å²) in [5.74, 6) is 0.813. The van der Waals surface area contributed by atoms with E-state index in [1.54, 1.807) is 0 Å². The van der Waals surface area contributed by atoms with Crippen LogP contribution in [0, 0.1) is 0 Å². The number of nitrogens with one attached hydrogen (secondary N) is 1. The number of rotatable bonds is 5. The Balaban J connectivity index is 1.49. The van der Waals surface area contributed by atoms with Crippen LogP contribution in [0.15, 0.2) is 10.9 Å². The highest BCUT2D eigenvalue weighted by atomic mass is 16.5. The summed E-state index contributed by atoms with van der Waals surface area (Å²) in [6, 6.07) is 0.616.